The Hall–Kier alpha value is -1.63. The van der Waals surface area contributed by atoms with Crippen molar-refractivity contribution in [1.82, 2.24) is 0 Å². The highest BCUT2D eigenvalue weighted by Gasteiger charge is 2.31. The second kappa shape index (κ2) is 14.7. The molecule has 2 aromatic rings. The SMILES string of the molecule is Cc1ccc(C2CCC(C3CCC(C)CC3)CC2)cc1.Cc1ccc(C2CCC(C3CCC(C)CC3)CC2)cc1F.[HH].[HH].[HH].[HH]. The number of hydrogen-bond acceptors (Lipinski definition) is 0. The summed E-state index contributed by atoms with van der Waals surface area (Å²) in [6, 6.07) is 15.2. The van der Waals surface area contributed by atoms with Crippen molar-refractivity contribution < 1.29 is 10.1 Å². The van der Waals surface area contributed by atoms with E-state index in [0.717, 1.165) is 47.0 Å². The van der Waals surface area contributed by atoms with Gasteiger partial charge in [0, 0.05) is 5.71 Å². The molecule has 0 aromatic heterocycles. The molecule has 0 atom stereocenters. The number of hydrogen-bond donors (Lipinski definition) is 0. The summed E-state index contributed by atoms with van der Waals surface area (Å²) in [4.78, 5) is 0. The molecule has 0 saturated heterocycles. The lowest BCUT2D eigenvalue weighted by Crippen LogP contribution is -2.24. The van der Waals surface area contributed by atoms with Crippen LogP contribution in [0.3, 0.4) is 0 Å². The van der Waals surface area contributed by atoms with E-state index in [-0.39, 0.29) is 11.5 Å². The molecule has 6 rings (SSSR count). The molecule has 4 saturated carbocycles. The number of aryl methyl sites for hydroxylation is 2. The van der Waals surface area contributed by atoms with Crippen LogP contribution in [0.25, 0.3) is 0 Å². The topological polar surface area (TPSA) is 0 Å². The second-order valence-corrected chi connectivity index (χ2v) is 15.2. The van der Waals surface area contributed by atoms with Gasteiger partial charge in [-0.15, -0.1) is 0 Å². The van der Waals surface area contributed by atoms with Gasteiger partial charge in [0.2, 0.25) is 0 Å². The maximum absolute atomic E-state index is 13.7. The molecule has 4 fully saturated rings. The van der Waals surface area contributed by atoms with E-state index >= 15 is 0 Å². The minimum absolute atomic E-state index is 0. The first-order chi connectivity index (χ1) is 19.9. The second-order valence-electron chi connectivity index (χ2n) is 15.2. The van der Waals surface area contributed by atoms with E-state index in [1.54, 1.807) is 11.6 Å². The van der Waals surface area contributed by atoms with Crippen LogP contribution in [-0.4, -0.2) is 0 Å². The molecule has 0 amide bonds. The molecule has 234 valence electrons. The molecule has 0 bridgehead atoms. The Morgan fingerprint density at radius 1 is 0.488 bits per heavy atom. The zero-order valence-corrected chi connectivity index (χ0v) is 26.9. The van der Waals surface area contributed by atoms with Gasteiger partial charge in [0.05, 0.1) is 0 Å². The molecule has 0 N–H and O–H groups in total. The van der Waals surface area contributed by atoms with Crippen LogP contribution in [0.4, 0.5) is 4.39 Å². The maximum Gasteiger partial charge on any atom is 0.126 e. The lowest BCUT2D eigenvalue weighted by molar-refractivity contribution is 0.165. The highest BCUT2D eigenvalue weighted by atomic mass is 19.1. The summed E-state index contributed by atoms with van der Waals surface area (Å²) in [5.74, 6) is 7.39. The van der Waals surface area contributed by atoms with Crippen LogP contribution >= 0.6 is 0 Å². The van der Waals surface area contributed by atoms with E-state index in [0.29, 0.717) is 5.92 Å². The van der Waals surface area contributed by atoms with Gasteiger partial charge in [-0.2, -0.15) is 0 Å². The molecular formula is C40H67F. The van der Waals surface area contributed by atoms with Crippen LogP contribution in [-0.2, 0) is 0 Å². The quantitative estimate of drug-likeness (QED) is 0.345. The van der Waals surface area contributed by atoms with Gasteiger partial charge in [-0.05, 0) is 161 Å². The van der Waals surface area contributed by atoms with E-state index in [4.69, 9.17) is 0 Å². The normalized spacial score (nSPS) is 34.4. The van der Waals surface area contributed by atoms with Crippen molar-refractivity contribution in [1.29, 1.82) is 0 Å². The van der Waals surface area contributed by atoms with E-state index < -0.39 is 0 Å². The summed E-state index contributed by atoms with van der Waals surface area (Å²) < 4.78 is 13.7. The van der Waals surface area contributed by atoms with Crippen LogP contribution < -0.4 is 0 Å². The van der Waals surface area contributed by atoms with E-state index in [1.807, 2.05) is 13.0 Å². The lowest BCUT2D eigenvalue weighted by atomic mass is 9.68. The third kappa shape index (κ3) is 8.48. The van der Waals surface area contributed by atoms with Crippen LogP contribution in [0.1, 0.15) is 156 Å². The molecular weight excluding hydrogens is 499 g/mol. The maximum atomic E-state index is 13.7. The molecule has 0 unspecified atom stereocenters. The first kappa shape index (κ1) is 30.8. The Morgan fingerprint density at radius 3 is 1.27 bits per heavy atom. The Bertz CT molecular complexity index is 1060. The zero-order chi connectivity index (χ0) is 28.8. The molecule has 0 spiro atoms. The van der Waals surface area contributed by atoms with Gasteiger partial charge in [0.25, 0.3) is 0 Å². The van der Waals surface area contributed by atoms with Crippen molar-refractivity contribution in [2.75, 3.05) is 0 Å². The van der Waals surface area contributed by atoms with Gasteiger partial charge in [-0.3, -0.25) is 0 Å². The van der Waals surface area contributed by atoms with Crippen molar-refractivity contribution in [2.24, 2.45) is 35.5 Å². The predicted octanol–water partition coefficient (Wildman–Crippen LogP) is 13.3. The average Bonchev–Trinajstić information content (AvgIpc) is 3.00. The standard InChI is InChI=1S/C20H29F.C20H30.4H2/c1-14-3-6-16(7-4-14)17-9-11-18(12-10-17)19-8-5-15(2)20(21)13-19;1-15-3-7-17(8-4-15)19-11-13-20(14-12-19)18-9-5-16(2)6-10-18;;;;/h5,8,13-14,16-18H,3-4,6-7,9-12H2,1-2H3;3-4,7-8,16,18-20H,5-6,9-14H2,1-2H3;4*1H. The van der Waals surface area contributed by atoms with Gasteiger partial charge in [0.15, 0.2) is 0 Å². The monoisotopic (exact) mass is 567 g/mol. The highest BCUT2D eigenvalue weighted by molar-refractivity contribution is 5.27. The van der Waals surface area contributed by atoms with Gasteiger partial charge < -0.3 is 0 Å². The molecule has 0 aliphatic heterocycles. The van der Waals surface area contributed by atoms with Crippen molar-refractivity contribution >= 4 is 0 Å². The fraction of sp³-hybridized carbons (Fsp3) is 0.700. The predicted molar refractivity (Wildman–Crippen MR) is 182 cm³/mol. The average molecular weight is 567 g/mol. The summed E-state index contributed by atoms with van der Waals surface area (Å²) in [5, 5.41) is 0. The van der Waals surface area contributed by atoms with E-state index in [2.05, 4.69) is 51.1 Å². The van der Waals surface area contributed by atoms with Crippen LogP contribution in [0.15, 0.2) is 42.5 Å². The van der Waals surface area contributed by atoms with Gasteiger partial charge in [-0.25, -0.2) is 4.39 Å². The molecule has 0 radical (unpaired) electrons. The first-order valence-corrected chi connectivity index (χ1v) is 17.7. The fourth-order valence-electron chi connectivity index (χ4n) is 9.06. The van der Waals surface area contributed by atoms with Crippen molar-refractivity contribution in [3.8, 4) is 0 Å². The van der Waals surface area contributed by atoms with E-state index in [9.17, 15) is 4.39 Å². The molecule has 1 heteroatoms. The molecule has 0 nitrogen and oxygen atoms in total. The number of benzene rings is 2. The molecule has 4 aliphatic rings. The Kier molecular flexibility index (Phi) is 11.1. The van der Waals surface area contributed by atoms with Crippen LogP contribution in [0.2, 0.25) is 0 Å². The molecule has 41 heavy (non-hydrogen) atoms. The van der Waals surface area contributed by atoms with E-state index in [1.165, 1.54) is 114 Å². The zero-order valence-electron chi connectivity index (χ0n) is 26.9. The summed E-state index contributed by atoms with van der Waals surface area (Å²) in [6.07, 6.45) is 22.9. The lowest BCUT2D eigenvalue weighted by Gasteiger charge is -2.37. The minimum Gasteiger partial charge on any atom is -0.207 e. The Labute approximate surface area is 258 Å². The number of halogens is 1. The summed E-state index contributed by atoms with van der Waals surface area (Å²) >= 11 is 0. The van der Waals surface area contributed by atoms with Gasteiger partial charge in [-0.1, -0.05) is 81.5 Å². The third-order valence-electron chi connectivity index (χ3n) is 12.2. The van der Waals surface area contributed by atoms with Crippen LogP contribution in [0.5, 0.6) is 0 Å². The van der Waals surface area contributed by atoms with Gasteiger partial charge >= 0.3 is 0 Å². The van der Waals surface area contributed by atoms with Crippen molar-refractivity contribution in [2.45, 2.75) is 142 Å². The van der Waals surface area contributed by atoms with Crippen molar-refractivity contribution in [3.63, 3.8) is 0 Å². The Balaban J connectivity index is 0.000000414. The molecule has 2 aromatic carbocycles. The molecule has 4 aliphatic carbocycles. The highest BCUT2D eigenvalue weighted by Crippen LogP contribution is 2.45. The minimum atomic E-state index is -0.0316. The largest absolute Gasteiger partial charge is 0.207 e. The summed E-state index contributed by atoms with van der Waals surface area (Å²) in [7, 11) is 0. The Morgan fingerprint density at radius 2 is 0.854 bits per heavy atom. The smallest absolute Gasteiger partial charge is 0.126 e. The first-order valence-electron chi connectivity index (χ1n) is 17.7. The molecule has 0 heterocycles. The van der Waals surface area contributed by atoms with Crippen molar-refractivity contribution in [3.05, 3.63) is 70.5 Å². The number of rotatable bonds is 4. The van der Waals surface area contributed by atoms with Gasteiger partial charge in [0.1, 0.15) is 5.82 Å². The van der Waals surface area contributed by atoms with Crippen LogP contribution in [0, 0.1) is 55.2 Å². The third-order valence-corrected chi connectivity index (χ3v) is 12.2. The summed E-state index contributed by atoms with van der Waals surface area (Å²) in [5.41, 5.74) is 4.97. The fourth-order valence-corrected chi connectivity index (χ4v) is 9.06. The summed E-state index contributed by atoms with van der Waals surface area (Å²) in [6.45, 7) is 8.87.